The van der Waals surface area contributed by atoms with E-state index in [2.05, 4.69) is 37.3 Å². The first-order valence-corrected chi connectivity index (χ1v) is 20.6. The molecule has 1 fully saturated rings. The van der Waals surface area contributed by atoms with E-state index in [0.717, 1.165) is 45.4 Å². The molecule has 6 aromatic rings. The van der Waals surface area contributed by atoms with Gasteiger partial charge in [-0.15, -0.1) is 0 Å². The Morgan fingerprint density at radius 1 is 0.603 bits per heavy atom. The summed E-state index contributed by atoms with van der Waals surface area (Å²) in [5.41, 5.74) is 7.43. The van der Waals surface area contributed by atoms with E-state index in [-0.39, 0.29) is 25.4 Å². The van der Waals surface area contributed by atoms with Crippen LogP contribution in [-0.2, 0) is 68.6 Å². The first kappa shape index (κ1) is 39.9. The van der Waals surface area contributed by atoms with Gasteiger partial charge in [-0.3, -0.25) is 4.79 Å². The Morgan fingerprint density at radius 2 is 1.10 bits per heavy atom. The topological polar surface area (TPSA) is 63.2 Å². The van der Waals surface area contributed by atoms with Crippen LogP contribution in [0.1, 0.15) is 68.2 Å². The summed E-state index contributed by atoms with van der Waals surface area (Å²) >= 11 is 7.02. The molecule has 1 aliphatic carbocycles. The van der Waals surface area contributed by atoms with Crippen molar-refractivity contribution in [2.45, 2.75) is 82.6 Å². The molecule has 58 heavy (non-hydrogen) atoms. The van der Waals surface area contributed by atoms with Crippen LogP contribution >= 0.6 is 11.6 Å². The molecule has 296 valence electrons. The summed E-state index contributed by atoms with van der Waals surface area (Å²) in [5.74, 6) is -0.0570. The number of hydrogen-bond acceptors (Lipinski definition) is 6. The predicted octanol–water partition coefficient (Wildman–Crippen LogP) is 10.6. The van der Waals surface area contributed by atoms with Crippen LogP contribution < -0.4 is 0 Å². The minimum absolute atomic E-state index is 0.0541. The molecule has 8 rings (SSSR count). The molecule has 1 spiro atoms. The molecule has 1 saturated heterocycles. The summed E-state index contributed by atoms with van der Waals surface area (Å²) in [4.78, 5) is 14.3. The van der Waals surface area contributed by atoms with Gasteiger partial charge in [0.25, 0.3) is 0 Å². The lowest BCUT2D eigenvalue weighted by Crippen LogP contribution is -2.65. The highest BCUT2D eigenvalue weighted by Gasteiger charge is 2.61. The molecule has 0 aromatic heterocycles. The van der Waals surface area contributed by atoms with Crippen LogP contribution in [0, 0.1) is 0 Å². The lowest BCUT2D eigenvalue weighted by Gasteiger charge is -2.52. The van der Waals surface area contributed by atoms with Gasteiger partial charge >= 0.3 is 0 Å². The number of ketones is 1. The Bertz CT molecular complexity index is 2230. The number of carbonyl (C=O) groups is 1. The van der Waals surface area contributed by atoms with Crippen molar-refractivity contribution in [2.24, 2.45) is 0 Å². The number of rotatable bonds is 16. The van der Waals surface area contributed by atoms with Crippen molar-refractivity contribution in [1.29, 1.82) is 0 Å². The second kappa shape index (κ2) is 18.8. The zero-order valence-corrected chi connectivity index (χ0v) is 33.6. The fourth-order valence-electron chi connectivity index (χ4n) is 8.19. The number of ether oxygens (including phenoxy) is 5. The van der Waals surface area contributed by atoms with Gasteiger partial charge in [0.2, 0.25) is 0 Å². The Hall–Kier alpha value is -4.92. The molecule has 6 nitrogen and oxygen atoms in total. The number of halogens is 1. The van der Waals surface area contributed by atoms with Crippen molar-refractivity contribution in [3.05, 3.63) is 213 Å². The monoisotopic (exact) mass is 792 g/mol. The van der Waals surface area contributed by atoms with Gasteiger partial charge in [-0.2, -0.15) is 0 Å². The Morgan fingerprint density at radius 3 is 1.66 bits per heavy atom. The van der Waals surface area contributed by atoms with Gasteiger partial charge in [-0.25, -0.2) is 0 Å². The highest BCUT2D eigenvalue weighted by atomic mass is 35.5. The van der Waals surface area contributed by atoms with E-state index in [1.165, 1.54) is 5.56 Å². The molecular weight excluding hydrogens is 744 g/mol. The van der Waals surface area contributed by atoms with Crippen LogP contribution in [0.4, 0.5) is 0 Å². The van der Waals surface area contributed by atoms with Crippen molar-refractivity contribution < 1.29 is 28.5 Å². The summed E-state index contributed by atoms with van der Waals surface area (Å²) in [7, 11) is 0. The van der Waals surface area contributed by atoms with Crippen molar-refractivity contribution in [3.63, 3.8) is 0 Å². The number of carbonyl (C=O) groups excluding carboxylic acids is 1. The van der Waals surface area contributed by atoms with Gasteiger partial charge in [0.15, 0.2) is 5.78 Å². The molecule has 2 aliphatic rings. The second-order valence-corrected chi connectivity index (χ2v) is 15.6. The maximum absolute atomic E-state index is 14.3. The maximum Gasteiger partial charge on any atom is 0.166 e. The molecule has 0 radical (unpaired) electrons. The van der Waals surface area contributed by atoms with Crippen LogP contribution in [-0.4, -0.2) is 36.8 Å². The number of Topliss-reactive ketones (excluding diaryl/α,β-unsaturated/α-hetero) is 1. The fourth-order valence-corrected chi connectivity index (χ4v) is 8.42. The van der Waals surface area contributed by atoms with Crippen molar-refractivity contribution in [3.8, 4) is 0 Å². The highest BCUT2D eigenvalue weighted by Crippen LogP contribution is 2.51. The lowest BCUT2D eigenvalue weighted by atomic mass is 9.79. The third-order valence-corrected chi connectivity index (χ3v) is 11.6. The van der Waals surface area contributed by atoms with Crippen LogP contribution in [0.3, 0.4) is 0 Å². The molecule has 7 heteroatoms. The average molecular weight is 793 g/mol. The minimum Gasteiger partial charge on any atom is -0.374 e. The van der Waals surface area contributed by atoms with Gasteiger partial charge in [0, 0.05) is 17.0 Å². The predicted molar refractivity (Wildman–Crippen MR) is 227 cm³/mol. The lowest BCUT2D eigenvalue weighted by molar-refractivity contribution is -0.311. The largest absolute Gasteiger partial charge is 0.374 e. The van der Waals surface area contributed by atoms with E-state index in [1.54, 1.807) is 0 Å². The van der Waals surface area contributed by atoms with Crippen molar-refractivity contribution in [1.82, 2.24) is 0 Å². The Labute approximate surface area is 346 Å². The zero-order chi connectivity index (χ0) is 39.7. The number of hydrogen-bond donors (Lipinski definition) is 0. The van der Waals surface area contributed by atoms with Gasteiger partial charge in [0.05, 0.1) is 33.0 Å². The quantitative estimate of drug-likeness (QED) is 0.0973. The maximum atomic E-state index is 14.3. The van der Waals surface area contributed by atoms with Crippen LogP contribution in [0.5, 0.6) is 0 Å². The first-order chi connectivity index (χ1) is 28.5. The molecule has 2 unspecified atom stereocenters. The number of aryl methyl sites for hydroxylation is 1. The van der Waals surface area contributed by atoms with Crippen molar-refractivity contribution in [2.75, 3.05) is 6.61 Å². The standard InChI is InChI=1S/C51H49ClO6/c1-2-36-23-25-37(26-24-36)27-42-28-44-43(29-45(42)52)46(53)30-51(44)50(57-34-41-21-13-6-14-22-41)49(56-33-40-19-11-5-12-20-40)48(55-32-39-17-9-4-10-18-39)47(58-51)35-54-31-38-15-7-3-8-16-38/h3-26,28-29,47-50H,2,27,30-35H2,1H3/t47?,48-,49?,50-,51+/m1/s1. The van der Waals surface area contributed by atoms with Gasteiger partial charge in [-0.05, 0) is 63.4 Å². The minimum atomic E-state index is -1.23. The van der Waals surface area contributed by atoms with Crippen molar-refractivity contribution >= 4 is 17.4 Å². The SMILES string of the molecule is CCc1ccc(Cc2cc3c(cc2Cl)C(=O)C[C@]32OC(COCc3ccccc3)[C@@H](OCc3ccccc3)C(OCc3ccccc3)[C@H]2OCc2ccccc2)cc1. The summed E-state index contributed by atoms with van der Waals surface area (Å²) in [6, 6.07) is 52.8. The molecule has 5 atom stereocenters. The molecule has 1 aliphatic heterocycles. The molecule has 0 saturated carbocycles. The zero-order valence-electron chi connectivity index (χ0n) is 32.8. The molecule has 6 aromatic carbocycles. The van der Waals surface area contributed by atoms with E-state index >= 15 is 0 Å². The summed E-state index contributed by atoms with van der Waals surface area (Å²) in [6.45, 7) is 3.62. The molecule has 0 amide bonds. The van der Waals surface area contributed by atoms with Crippen LogP contribution in [0.15, 0.2) is 158 Å². The molecule has 1 heterocycles. The van der Waals surface area contributed by atoms with Gasteiger partial charge < -0.3 is 23.7 Å². The molecular formula is C51H49ClO6. The van der Waals surface area contributed by atoms with E-state index < -0.39 is 30.0 Å². The summed E-state index contributed by atoms with van der Waals surface area (Å²) in [6.07, 6.45) is -1.09. The fraction of sp³-hybridized carbons (Fsp3) is 0.275. The Kier molecular flexibility index (Phi) is 12.9. The molecule has 0 N–H and O–H groups in total. The number of fused-ring (bicyclic) bond motifs is 2. The smallest absolute Gasteiger partial charge is 0.166 e. The van der Waals surface area contributed by atoms with Gasteiger partial charge in [0.1, 0.15) is 30.0 Å². The van der Waals surface area contributed by atoms with E-state index in [4.69, 9.17) is 35.3 Å². The van der Waals surface area contributed by atoms with Crippen LogP contribution in [0.2, 0.25) is 5.02 Å². The van der Waals surface area contributed by atoms with Crippen LogP contribution in [0.25, 0.3) is 0 Å². The summed E-state index contributed by atoms with van der Waals surface area (Å²) in [5, 5.41) is 0.546. The van der Waals surface area contributed by atoms with E-state index in [9.17, 15) is 4.79 Å². The number of benzene rings is 6. The molecule has 0 bridgehead atoms. The normalized spacial score (nSPS) is 21.3. The van der Waals surface area contributed by atoms with Gasteiger partial charge in [-0.1, -0.05) is 170 Å². The third-order valence-electron chi connectivity index (χ3n) is 11.2. The third kappa shape index (κ3) is 9.19. The highest BCUT2D eigenvalue weighted by molar-refractivity contribution is 6.32. The van der Waals surface area contributed by atoms with E-state index in [1.807, 2.05) is 127 Å². The Balaban J connectivity index is 1.23. The average Bonchev–Trinajstić information content (AvgIpc) is 3.53. The summed E-state index contributed by atoms with van der Waals surface area (Å²) < 4.78 is 34.9. The van der Waals surface area contributed by atoms with E-state index in [0.29, 0.717) is 36.8 Å². The second-order valence-electron chi connectivity index (χ2n) is 15.2. The first-order valence-electron chi connectivity index (χ1n) is 20.2.